The second-order valence-electron chi connectivity index (χ2n) is 9.07. The van der Waals surface area contributed by atoms with Gasteiger partial charge in [0, 0.05) is 19.8 Å². The fourth-order valence-electron chi connectivity index (χ4n) is 4.45. The van der Waals surface area contributed by atoms with Crippen molar-refractivity contribution < 1.29 is 47.6 Å². The first-order valence-electron chi connectivity index (χ1n) is 11.7. The molecule has 0 saturated carbocycles. The highest BCUT2D eigenvalue weighted by molar-refractivity contribution is 5.94. The molecule has 0 radical (unpaired) electrons. The molecular formula is C28H34O10. The van der Waals surface area contributed by atoms with Gasteiger partial charge in [-0.3, -0.25) is 9.59 Å². The molecule has 0 aliphatic carbocycles. The Bertz CT molecular complexity index is 1130. The molecule has 2 saturated heterocycles. The van der Waals surface area contributed by atoms with Crippen LogP contribution in [0.5, 0.6) is 11.5 Å². The number of benzene rings is 2. The lowest BCUT2D eigenvalue weighted by Gasteiger charge is -2.36. The summed E-state index contributed by atoms with van der Waals surface area (Å²) in [5, 5.41) is 0. The van der Waals surface area contributed by atoms with E-state index in [2.05, 4.69) is 9.47 Å². The fraction of sp³-hybridized carbons (Fsp3) is 0.429. The molecule has 0 amide bonds. The lowest BCUT2D eigenvalue weighted by atomic mass is 9.82. The van der Waals surface area contributed by atoms with Gasteiger partial charge in [0.05, 0.1) is 18.8 Å². The van der Waals surface area contributed by atoms with Crippen molar-refractivity contribution in [2.75, 3.05) is 27.4 Å². The number of aryl methyl sites for hydroxylation is 2. The summed E-state index contributed by atoms with van der Waals surface area (Å²) in [4.78, 5) is 41.4. The van der Waals surface area contributed by atoms with Crippen LogP contribution in [0.1, 0.15) is 45.7 Å². The van der Waals surface area contributed by atoms with Gasteiger partial charge in [-0.25, -0.2) is 4.79 Å². The molecule has 2 aliphatic rings. The second-order valence-corrected chi connectivity index (χ2v) is 9.07. The molecule has 2 unspecified atom stereocenters. The van der Waals surface area contributed by atoms with Gasteiger partial charge in [0.25, 0.3) is 0 Å². The van der Waals surface area contributed by atoms with Crippen molar-refractivity contribution in [1.29, 1.82) is 0 Å². The number of hydrogen-bond acceptors (Lipinski definition) is 10. The molecule has 0 spiro atoms. The predicted octanol–water partition coefficient (Wildman–Crippen LogP) is 3.28. The number of ether oxygens (including phenoxy) is 6. The molecule has 0 N–H and O–H groups in total. The van der Waals surface area contributed by atoms with Gasteiger partial charge in [0.2, 0.25) is 0 Å². The first-order valence-corrected chi connectivity index (χ1v) is 11.7. The Balaban J connectivity index is 0.000000947. The lowest BCUT2D eigenvalue weighted by molar-refractivity contribution is -0.123. The van der Waals surface area contributed by atoms with Crippen molar-refractivity contribution in [3.8, 4) is 11.5 Å². The third-order valence-corrected chi connectivity index (χ3v) is 6.78. The number of methoxy groups -OCH3 is 1. The van der Waals surface area contributed by atoms with Crippen molar-refractivity contribution in [2.45, 2.75) is 51.1 Å². The van der Waals surface area contributed by atoms with Gasteiger partial charge in [-0.1, -0.05) is 0 Å². The number of carbonyl (C=O) groups excluding carboxylic acids is 4. The van der Waals surface area contributed by atoms with E-state index < -0.39 is 23.3 Å². The summed E-state index contributed by atoms with van der Waals surface area (Å²) in [5.41, 5.74) is 0.811. The van der Waals surface area contributed by atoms with E-state index in [4.69, 9.17) is 23.7 Å². The number of hydrogen-bond donors (Lipinski definition) is 0. The Kier molecular flexibility index (Phi) is 10.7. The Morgan fingerprint density at radius 1 is 0.895 bits per heavy atom. The Hall–Kier alpha value is -3.60. The molecule has 10 nitrogen and oxygen atoms in total. The first kappa shape index (κ1) is 30.6. The van der Waals surface area contributed by atoms with Crippen LogP contribution >= 0.6 is 0 Å². The monoisotopic (exact) mass is 530 g/mol. The summed E-state index contributed by atoms with van der Waals surface area (Å²) in [5.74, 6) is 0.467. The molecule has 10 heteroatoms. The SMILES string of the molecule is C=O.COC.Cc1cc(OC2CO[C@]3(C)C(Oc4ccc(C(=O)OC=O)c(C)c4)CO[C@]23C)ccc1C=O. The molecule has 206 valence electrons. The van der Waals surface area contributed by atoms with E-state index >= 15 is 0 Å². The molecule has 0 bridgehead atoms. The molecule has 2 aromatic carbocycles. The summed E-state index contributed by atoms with van der Waals surface area (Å²) in [7, 11) is 3.25. The van der Waals surface area contributed by atoms with Crippen LogP contribution in [0.15, 0.2) is 36.4 Å². The van der Waals surface area contributed by atoms with E-state index in [-0.39, 0.29) is 18.1 Å². The normalized spacial score (nSPS) is 25.0. The van der Waals surface area contributed by atoms with Crippen LogP contribution in [0.2, 0.25) is 0 Å². The van der Waals surface area contributed by atoms with Gasteiger partial charge in [0.1, 0.15) is 35.8 Å². The van der Waals surface area contributed by atoms with E-state index in [1.165, 1.54) is 0 Å². The largest absolute Gasteiger partial charge is 0.485 e. The standard InChI is InChI=1S/C25H26O8.C2H6O.CH2O/c1-15-9-18(6-5-17(15)11-26)32-21-12-30-25(4)22(13-31-24(21,25)3)33-19-7-8-20(16(2)10-19)23(28)29-14-27;1-3-2;1-2/h5-11,14,21-22H,12-13H2,1-4H3;1-2H3;1H2/t21?,22?,24-,25-;;/m1../s1. The van der Waals surface area contributed by atoms with E-state index in [1.54, 1.807) is 51.5 Å². The minimum atomic E-state index is -0.779. The predicted molar refractivity (Wildman–Crippen MR) is 137 cm³/mol. The molecule has 38 heavy (non-hydrogen) atoms. The summed E-state index contributed by atoms with van der Waals surface area (Å²) < 4.78 is 33.5. The quantitative estimate of drug-likeness (QED) is 0.299. The Morgan fingerprint density at radius 3 is 1.79 bits per heavy atom. The van der Waals surface area contributed by atoms with Crippen LogP contribution in [-0.4, -0.2) is 76.4 Å². The fourth-order valence-corrected chi connectivity index (χ4v) is 4.45. The summed E-state index contributed by atoms with van der Waals surface area (Å²) >= 11 is 0. The van der Waals surface area contributed by atoms with Gasteiger partial charge in [-0.05, 0) is 75.2 Å². The van der Waals surface area contributed by atoms with E-state index in [0.29, 0.717) is 35.8 Å². The number of aldehydes is 1. The number of rotatable bonds is 7. The topological polar surface area (TPSA) is 124 Å². The maximum absolute atomic E-state index is 11.8. The Labute approximate surface area is 222 Å². The average molecular weight is 531 g/mol. The molecule has 2 fully saturated rings. The third-order valence-electron chi connectivity index (χ3n) is 6.78. The van der Waals surface area contributed by atoms with Crippen LogP contribution in [0.3, 0.4) is 0 Å². The molecule has 4 rings (SSSR count). The second kappa shape index (κ2) is 13.3. The Morgan fingerprint density at radius 2 is 1.37 bits per heavy atom. The highest BCUT2D eigenvalue weighted by Crippen LogP contribution is 2.48. The molecule has 2 aliphatic heterocycles. The van der Waals surface area contributed by atoms with Crippen LogP contribution in [-0.2, 0) is 28.5 Å². The van der Waals surface area contributed by atoms with Crippen molar-refractivity contribution in [1.82, 2.24) is 0 Å². The van der Waals surface area contributed by atoms with Gasteiger partial charge in [0.15, 0.2) is 12.2 Å². The van der Waals surface area contributed by atoms with Gasteiger partial charge in [-0.15, -0.1) is 0 Å². The van der Waals surface area contributed by atoms with Crippen molar-refractivity contribution >= 4 is 25.5 Å². The zero-order chi connectivity index (χ0) is 28.5. The highest BCUT2D eigenvalue weighted by atomic mass is 16.7. The van der Waals surface area contributed by atoms with Gasteiger partial charge < -0.3 is 33.2 Å². The first-order chi connectivity index (χ1) is 18.1. The number of esters is 1. The van der Waals surface area contributed by atoms with E-state index in [1.807, 2.05) is 33.6 Å². The molecule has 4 atom stereocenters. The lowest BCUT2D eigenvalue weighted by Crippen LogP contribution is -2.56. The zero-order valence-electron chi connectivity index (χ0n) is 22.5. The van der Waals surface area contributed by atoms with Crippen molar-refractivity contribution in [2.24, 2.45) is 0 Å². The number of fused-ring (bicyclic) bond motifs is 1. The van der Waals surface area contributed by atoms with E-state index in [9.17, 15) is 14.4 Å². The third kappa shape index (κ3) is 6.09. The van der Waals surface area contributed by atoms with E-state index in [0.717, 1.165) is 11.8 Å². The number of carbonyl (C=O) groups is 4. The smallest absolute Gasteiger partial charge is 0.345 e. The minimum Gasteiger partial charge on any atom is -0.485 e. The summed E-state index contributed by atoms with van der Waals surface area (Å²) in [6, 6.07) is 10.2. The highest BCUT2D eigenvalue weighted by Gasteiger charge is 2.67. The molecular weight excluding hydrogens is 496 g/mol. The molecule has 0 aromatic heterocycles. The molecule has 2 heterocycles. The average Bonchev–Trinajstić information content (AvgIpc) is 3.29. The van der Waals surface area contributed by atoms with Gasteiger partial charge in [-0.2, -0.15) is 0 Å². The zero-order valence-corrected chi connectivity index (χ0v) is 22.5. The minimum absolute atomic E-state index is 0.109. The molecule has 2 aromatic rings. The summed E-state index contributed by atoms with van der Waals surface area (Å²) in [6.07, 6.45) is 0.0275. The van der Waals surface area contributed by atoms with Crippen LogP contribution < -0.4 is 9.47 Å². The summed E-state index contributed by atoms with van der Waals surface area (Å²) in [6.45, 7) is 10.2. The maximum atomic E-state index is 11.8. The van der Waals surface area contributed by atoms with Crippen molar-refractivity contribution in [3.05, 3.63) is 58.7 Å². The van der Waals surface area contributed by atoms with Crippen LogP contribution in [0.25, 0.3) is 0 Å². The van der Waals surface area contributed by atoms with Crippen LogP contribution in [0.4, 0.5) is 0 Å². The van der Waals surface area contributed by atoms with Gasteiger partial charge >= 0.3 is 12.4 Å². The van der Waals surface area contributed by atoms with Crippen LogP contribution in [0, 0.1) is 13.8 Å². The van der Waals surface area contributed by atoms with Crippen molar-refractivity contribution in [3.63, 3.8) is 0 Å². The maximum Gasteiger partial charge on any atom is 0.345 e.